The van der Waals surface area contributed by atoms with E-state index in [9.17, 15) is 0 Å². The number of guanidine groups is 1. The average molecular weight is 567 g/mol. The van der Waals surface area contributed by atoms with Gasteiger partial charge in [0.15, 0.2) is 17.5 Å². The van der Waals surface area contributed by atoms with Crippen molar-refractivity contribution in [3.8, 4) is 11.5 Å². The van der Waals surface area contributed by atoms with Crippen LogP contribution in [0.1, 0.15) is 29.3 Å². The van der Waals surface area contributed by atoms with Crippen molar-refractivity contribution < 1.29 is 9.47 Å². The van der Waals surface area contributed by atoms with Crippen LogP contribution in [0.5, 0.6) is 11.5 Å². The smallest absolute Gasteiger partial charge is 0.231 e. The summed E-state index contributed by atoms with van der Waals surface area (Å²) in [5.41, 5.74) is 1.06. The molecule has 27 heavy (non-hydrogen) atoms. The van der Waals surface area contributed by atoms with Crippen molar-refractivity contribution in [1.29, 1.82) is 0 Å². The van der Waals surface area contributed by atoms with Crippen LogP contribution in [-0.2, 0) is 19.4 Å². The quantitative estimate of drug-likeness (QED) is 0.300. The van der Waals surface area contributed by atoms with E-state index in [1.807, 2.05) is 18.3 Å². The maximum atomic E-state index is 5.46. The molecule has 1 aliphatic heterocycles. The fourth-order valence-electron chi connectivity index (χ4n) is 2.54. The van der Waals surface area contributed by atoms with E-state index < -0.39 is 0 Å². The van der Waals surface area contributed by atoms with Crippen LogP contribution in [0, 0.1) is 0 Å². The highest BCUT2D eigenvalue weighted by molar-refractivity contribution is 14.0. The first kappa shape index (κ1) is 22.2. The maximum absolute atomic E-state index is 5.46. The minimum Gasteiger partial charge on any atom is -0.454 e. The first-order valence-electron chi connectivity index (χ1n) is 8.73. The van der Waals surface area contributed by atoms with Crippen molar-refractivity contribution in [1.82, 2.24) is 15.6 Å². The Morgan fingerprint density at radius 2 is 2.15 bits per heavy atom. The highest BCUT2D eigenvalue weighted by Gasteiger charge is 2.17. The van der Waals surface area contributed by atoms with Gasteiger partial charge in [0.25, 0.3) is 0 Å². The number of hydrogen-bond acceptors (Lipinski definition) is 5. The summed E-state index contributed by atoms with van der Waals surface area (Å²) in [5, 5.41) is 7.81. The Kier molecular flexibility index (Phi) is 9.10. The van der Waals surface area contributed by atoms with E-state index in [4.69, 9.17) is 9.47 Å². The van der Waals surface area contributed by atoms with Gasteiger partial charge in [-0.2, -0.15) is 0 Å². The van der Waals surface area contributed by atoms with Gasteiger partial charge in [-0.3, -0.25) is 0 Å². The number of halogens is 2. The SMILES string of the molecule is CCNC(=NCc1cc(Br)c2c(c1)OCO2)NCCc1ncc(CC)s1.I. The zero-order valence-corrected chi connectivity index (χ0v) is 20.1. The Hall–Kier alpha value is -1.07. The van der Waals surface area contributed by atoms with Crippen LogP contribution in [-0.4, -0.2) is 30.8 Å². The molecule has 2 heterocycles. The Morgan fingerprint density at radius 3 is 2.89 bits per heavy atom. The molecule has 0 spiro atoms. The van der Waals surface area contributed by atoms with E-state index in [-0.39, 0.29) is 30.8 Å². The number of fused-ring (bicyclic) bond motifs is 1. The van der Waals surface area contributed by atoms with Crippen LogP contribution in [0.4, 0.5) is 0 Å². The summed E-state index contributed by atoms with van der Waals surface area (Å²) in [7, 11) is 0. The largest absolute Gasteiger partial charge is 0.454 e. The number of nitrogens with one attached hydrogen (secondary N) is 2. The summed E-state index contributed by atoms with van der Waals surface area (Å²) >= 11 is 5.30. The highest BCUT2D eigenvalue weighted by Crippen LogP contribution is 2.40. The van der Waals surface area contributed by atoms with Gasteiger partial charge in [-0.25, -0.2) is 9.98 Å². The van der Waals surface area contributed by atoms with Gasteiger partial charge in [0.1, 0.15) is 0 Å². The molecule has 0 saturated carbocycles. The second-order valence-corrected chi connectivity index (χ2v) is 7.81. The van der Waals surface area contributed by atoms with Gasteiger partial charge < -0.3 is 20.1 Å². The Morgan fingerprint density at radius 1 is 1.30 bits per heavy atom. The molecule has 0 amide bonds. The number of thiazole rings is 1. The van der Waals surface area contributed by atoms with Gasteiger partial charge in [-0.1, -0.05) is 6.92 Å². The molecule has 1 aromatic carbocycles. The molecule has 6 nitrogen and oxygen atoms in total. The molecule has 3 rings (SSSR count). The van der Waals surface area contributed by atoms with Crippen molar-refractivity contribution in [3.05, 3.63) is 38.3 Å². The molecule has 0 atom stereocenters. The van der Waals surface area contributed by atoms with Crippen LogP contribution in [0.2, 0.25) is 0 Å². The molecule has 2 aromatic rings. The van der Waals surface area contributed by atoms with Crippen molar-refractivity contribution in [2.75, 3.05) is 19.9 Å². The molecule has 0 unspecified atom stereocenters. The Bertz CT molecular complexity index is 785. The molecule has 0 aliphatic carbocycles. The number of nitrogens with zero attached hydrogens (tertiary/aromatic N) is 2. The lowest BCUT2D eigenvalue weighted by atomic mass is 10.2. The van der Waals surface area contributed by atoms with Gasteiger partial charge >= 0.3 is 0 Å². The van der Waals surface area contributed by atoms with E-state index in [0.29, 0.717) is 6.54 Å². The monoisotopic (exact) mass is 566 g/mol. The topological polar surface area (TPSA) is 67.8 Å². The zero-order valence-electron chi connectivity index (χ0n) is 15.4. The lowest BCUT2D eigenvalue weighted by Gasteiger charge is -2.11. The molecule has 0 radical (unpaired) electrons. The van der Waals surface area contributed by atoms with Crippen LogP contribution in [0.15, 0.2) is 27.8 Å². The molecule has 9 heteroatoms. The molecule has 148 valence electrons. The third kappa shape index (κ3) is 6.21. The third-order valence-electron chi connectivity index (χ3n) is 3.83. The van der Waals surface area contributed by atoms with Gasteiger partial charge in [-0.15, -0.1) is 35.3 Å². The van der Waals surface area contributed by atoms with Crippen molar-refractivity contribution in [2.24, 2.45) is 4.99 Å². The predicted molar refractivity (Wildman–Crippen MR) is 124 cm³/mol. The van der Waals surface area contributed by atoms with Crippen molar-refractivity contribution in [2.45, 2.75) is 33.2 Å². The van der Waals surface area contributed by atoms with E-state index >= 15 is 0 Å². The molecular formula is C18H24BrIN4O2S. The molecule has 1 aromatic heterocycles. The van der Waals surface area contributed by atoms with Crippen LogP contribution in [0.3, 0.4) is 0 Å². The number of aliphatic imine (C=N–C) groups is 1. The fourth-order valence-corrected chi connectivity index (χ4v) is 4.00. The van der Waals surface area contributed by atoms with Gasteiger partial charge in [0.05, 0.1) is 16.0 Å². The molecular weight excluding hydrogens is 543 g/mol. The lowest BCUT2D eigenvalue weighted by molar-refractivity contribution is 0.173. The number of aromatic nitrogens is 1. The van der Waals surface area contributed by atoms with Gasteiger partial charge in [0, 0.05) is 30.6 Å². The number of rotatable bonds is 7. The number of ether oxygens (including phenoxy) is 2. The number of benzene rings is 1. The second-order valence-electron chi connectivity index (χ2n) is 5.76. The Balaban J connectivity index is 0.00000261. The first-order valence-corrected chi connectivity index (χ1v) is 10.3. The summed E-state index contributed by atoms with van der Waals surface area (Å²) in [6, 6.07) is 3.99. The minimum atomic E-state index is 0. The van der Waals surface area contributed by atoms with Crippen LogP contribution < -0.4 is 20.1 Å². The van der Waals surface area contributed by atoms with Crippen LogP contribution >= 0.6 is 51.2 Å². The van der Waals surface area contributed by atoms with E-state index in [0.717, 1.165) is 58.4 Å². The standard InChI is InChI=1S/C18H23BrN4O2S.HI/c1-3-13-10-22-16(26-13)5-6-21-18(20-4-2)23-9-12-7-14(19)17-15(8-12)24-11-25-17;/h7-8,10H,3-6,9,11H2,1-2H3,(H2,20,21,23);1H. The van der Waals surface area contributed by atoms with Crippen LogP contribution in [0.25, 0.3) is 0 Å². The first-order chi connectivity index (χ1) is 12.7. The Labute approximate surface area is 189 Å². The molecule has 0 saturated heterocycles. The molecule has 0 bridgehead atoms. The predicted octanol–water partition coefficient (Wildman–Crippen LogP) is 4.11. The molecule has 2 N–H and O–H groups in total. The second kappa shape index (κ2) is 11.1. The summed E-state index contributed by atoms with van der Waals surface area (Å²) in [5.74, 6) is 2.32. The lowest BCUT2D eigenvalue weighted by Crippen LogP contribution is -2.38. The van der Waals surface area contributed by atoms with Gasteiger partial charge in [0.2, 0.25) is 6.79 Å². The zero-order chi connectivity index (χ0) is 18.4. The molecule has 1 aliphatic rings. The van der Waals surface area contributed by atoms with Crippen molar-refractivity contribution in [3.63, 3.8) is 0 Å². The van der Waals surface area contributed by atoms with E-state index in [1.165, 1.54) is 4.88 Å². The van der Waals surface area contributed by atoms with E-state index in [1.54, 1.807) is 11.3 Å². The average Bonchev–Trinajstić information content (AvgIpc) is 3.29. The van der Waals surface area contributed by atoms with Gasteiger partial charge in [-0.05, 0) is 47.0 Å². The minimum absolute atomic E-state index is 0. The highest BCUT2D eigenvalue weighted by atomic mass is 127. The summed E-state index contributed by atoms with van der Waals surface area (Å²) in [6.45, 7) is 6.65. The maximum Gasteiger partial charge on any atom is 0.231 e. The summed E-state index contributed by atoms with van der Waals surface area (Å²) < 4.78 is 11.8. The molecule has 0 fully saturated rings. The summed E-state index contributed by atoms with van der Waals surface area (Å²) in [4.78, 5) is 10.4. The number of hydrogen-bond donors (Lipinski definition) is 2. The van der Waals surface area contributed by atoms with Crippen molar-refractivity contribution >= 4 is 57.2 Å². The normalized spacial score (nSPS) is 12.6. The summed E-state index contributed by atoms with van der Waals surface area (Å²) in [6.07, 6.45) is 3.90. The van der Waals surface area contributed by atoms with E-state index in [2.05, 4.69) is 50.4 Å². The number of aryl methyl sites for hydroxylation is 1. The third-order valence-corrected chi connectivity index (χ3v) is 5.62. The fraction of sp³-hybridized carbons (Fsp3) is 0.444.